The van der Waals surface area contributed by atoms with Crippen LogP contribution in [0.25, 0.3) is 16.6 Å². The first-order chi connectivity index (χ1) is 11.9. The molecule has 1 aromatic carbocycles. The van der Waals surface area contributed by atoms with Gasteiger partial charge in [0.1, 0.15) is 16.6 Å². The Labute approximate surface area is 151 Å². The third-order valence-electron chi connectivity index (χ3n) is 3.93. The van der Waals surface area contributed by atoms with Gasteiger partial charge in [-0.3, -0.25) is 0 Å². The zero-order valence-corrected chi connectivity index (χ0v) is 15.7. The molecule has 0 unspecified atom stereocenters. The van der Waals surface area contributed by atoms with Gasteiger partial charge in [-0.25, -0.2) is 18.1 Å². The molecule has 6 nitrogen and oxygen atoms in total. The van der Waals surface area contributed by atoms with Crippen LogP contribution in [-0.4, -0.2) is 36.0 Å². The van der Waals surface area contributed by atoms with Gasteiger partial charge in [0.15, 0.2) is 9.84 Å². The highest BCUT2D eigenvalue weighted by Crippen LogP contribution is 2.31. The zero-order chi connectivity index (χ0) is 18.2. The van der Waals surface area contributed by atoms with E-state index < -0.39 is 9.84 Å². The van der Waals surface area contributed by atoms with Gasteiger partial charge in [-0.15, -0.1) is 0 Å². The lowest BCUT2D eigenvalue weighted by Crippen LogP contribution is -2.08. The number of aryl methyl sites for hydroxylation is 1. The second-order valence-corrected chi connectivity index (χ2v) is 8.17. The zero-order valence-electron chi connectivity index (χ0n) is 14.2. The Hall–Kier alpha value is -2.12. The van der Waals surface area contributed by atoms with Gasteiger partial charge in [-0.05, 0) is 31.5 Å². The summed E-state index contributed by atoms with van der Waals surface area (Å²) in [6, 6.07) is 6.48. The molecule has 0 saturated carbocycles. The molecule has 3 aromatic rings. The van der Waals surface area contributed by atoms with Crippen LogP contribution in [0, 0.1) is 6.92 Å². The van der Waals surface area contributed by atoms with Crippen LogP contribution in [0.4, 0.5) is 0 Å². The smallest absolute Gasteiger partial charge is 0.178 e. The Morgan fingerprint density at radius 1 is 1.28 bits per heavy atom. The summed E-state index contributed by atoms with van der Waals surface area (Å²) in [5, 5.41) is 5.70. The Balaban J connectivity index is 2.28. The number of halogens is 1. The Morgan fingerprint density at radius 3 is 2.72 bits per heavy atom. The molecule has 0 N–H and O–H groups in total. The minimum atomic E-state index is -3.36. The van der Waals surface area contributed by atoms with Crippen LogP contribution in [0.1, 0.15) is 19.0 Å². The molecule has 0 fully saturated rings. The highest BCUT2D eigenvalue weighted by molar-refractivity contribution is 7.91. The van der Waals surface area contributed by atoms with Crippen molar-refractivity contribution in [2.75, 3.05) is 12.9 Å². The standard InChI is InChI=1S/C17H18ClN3O3S/c1-4-7-25(22,23)12-5-6-16(24-3)15(8-12)21-14-9-17(18)19-10-13(14)11(2)20-21/h5-6,8-10H,4,7H2,1-3H3. The highest BCUT2D eigenvalue weighted by atomic mass is 35.5. The minimum Gasteiger partial charge on any atom is -0.494 e. The first-order valence-electron chi connectivity index (χ1n) is 7.79. The average molecular weight is 380 g/mol. The molecule has 3 rings (SSSR count). The molecule has 0 atom stereocenters. The monoisotopic (exact) mass is 379 g/mol. The average Bonchev–Trinajstić information content (AvgIpc) is 2.90. The summed E-state index contributed by atoms with van der Waals surface area (Å²) in [5.74, 6) is 0.612. The topological polar surface area (TPSA) is 74.1 Å². The number of sulfone groups is 1. The maximum atomic E-state index is 12.4. The molecule has 0 saturated heterocycles. The molecule has 0 aliphatic heterocycles. The largest absolute Gasteiger partial charge is 0.494 e. The fourth-order valence-corrected chi connectivity index (χ4v) is 4.22. The number of hydrogen-bond donors (Lipinski definition) is 0. The quantitative estimate of drug-likeness (QED) is 0.633. The number of pyridine rings is 1. The van der Waals surface area contributed by atoms with E-state index in [-0.39, 0.29) is 10.6 Å². The normalized spacial score (nSPS) is 11.8. The van der Waals surface area contributed by atoms with E-state index in [0.29, 0.717) is 23.0 Å². The van der Waals surface area contributed by atoms with Gasteiger partial charge in [0, 0.05) is 17.6 Å². The molecule has 0 radical (unpaired) electrons. The number of methoxy groups -OCH3 is 1. The van der Waals surface area contributed by atoms with E-state index in [2.05, 4.69) is 10.1 Å². The summed E-state index contributed by atoms with van der Waals surface area (Å²) in [7, 11) is -1.82. The van der Waals surface area contributed by atoms with Crippen LogP contribution < -0.4 is 4.74 Å². The van der Waals surface area contributed by atoms with Crippen molar-refractivity contribution in [3.05, 3.63) is 41.3 Å². The molecule has 0 aliphatic carbocycles. The molecule has 0 bridgehead atoms. The molecule has 25 heavy (non-hydrogen) atoms. The van der Waals surface area contributed by atoms with E-state index in [9.17, 15) is 8.42 Å². The third kappa shape index (κ3) is 3.21. The number of benzene rings is 1. The molecular formula is C17H18ClN3O3S. The van der Waals surface area contributed by atoms with Gasteiger partial charge in [0.2, 0.25) is 0 Å². The maximum absolute atomic E-state index is 12.4. The second-order valence-electron chi connectivity index (χ2n) is 5.67. The summed E-state index contributed by atoms with van der Waals surface area (Å²) >= 11 is 6.03. The fourth-order valence-electron chi connectivity index (χ4n) is 2.73. The predicted octanol–water partition coefficient (Wildman–Crippen LogP) is 3.57. The van der Waals surface area contributed by atoms with E-state index in [1.807, 2.05) is 13.8 Å². The predicted molar refractivity (Wildman–Crippen MR) is 97.5 cm³/mol. The van der Waals surface area contributed by atoms with E-state index in [0.717, 1.165) is 16.6 Å². The van der Waals surface area contributed by atoms with Crippen molar-refractivity contribution in [3.8, 4) is 11.4 Å². The van der Waals surface area contributed by atoms with Crippen molar-refractivity contribution in [1.29, 1.82) is 0 Å². The molecule has 0 amide bonds. The molecule has 0 aliphatic rings. The Morgan fingerprint density at radius 2 is 2.04 bits per heavy atom. The number of aromatic nitrogens is 3. The SMILES string of the molecule is CCCS(=O)(=O)c1ccc(OC)c(-n2nc(C)c3cnc(Cl)cc32)c1. The van der Waals surface area contributed by atoms with Crippen molar-refractivity contribution in [3.63, 3.8) is 0 Å². The first kappa shape index (κ1) is 17.7. The van der Waals surface area contributed by atoms with Crippen molar-refractivity contribution in [2.24, 2.45) is 0 Å². The molecular weight excluding hydrogens is 362 g/mol. The third-order valence-corrected chi connectivity index (χ3v) is 6.05. The van der Waals surface area contributed by atoms with Gasteiger partial charge in [-0.2, -0.15) is 5.10 Å². The summed E-state index contributed by atoms with van der Waals surface area (Å²) in [4.78, 5) is 4.33. The lowest BCUT2D eigenvalue weighted by Gasteiger charge is -2.12. The van der Waals surface area contributed by atoms with E-state index in [1.165, 1.54) is 7.11 Å². The summed E-state index contributed by atoms with van der Waals surface area (Å²) in [5.41, 5.74) is 2.05. The van der Waals surface area contributed by atoms with Gasteiger partial charge in [0.05, 0.1) is 29.0 Å². The number of fused-ring (bicyclic) bond motifs is 1. The fraction of sp³-hybridized carbons (Fsp3) is 0.294. The lowest BCUT2D eigenvalue weighted by molar-refractivity contribution is 0.411. The van der Waals surface area contributed by atoms with E-state index in [1.54, 1.807) is 35.1 Å². The minimum absolute atomic E-state index is 0.0907. The summed E-state index contributed by atoms with van der Waals surface area (Å²) < 4.78 is 31.9. The maximum Gasteiger partial charge on any atom is 0.178 e. The van der Waals surface area contributed by atoms with Gasteiger partial charge in [0.25, 0.3) is 0 Å². The van der Waals surface area contributed by atoms with Crippen molar-refractivity contribution >= 4 is 32.3 Å². The number of nitrogens with zero attached hydrogens (tertiary/aromatic N) is 3. The molecule has 8 heteroatoms. The van der Waals surface area contributed by atoms with Crippen LogP contribution in [-0.2, 0) is 9.84 Å². The van der Waals surface area contributed by atoms with Crippen molar-refractivity contribution in [2.45, 2.75) is 25.2 Å². The summed E-state index contributed by atoms with van der Waals surface area (Å²) in [6.07, 6.45) is 2.20. The Bertz CT molecular complexity index is 1040. The molecule has 2 heterocycles. The molecule has 2 aromatic heterocycles. The first-order valence-corrected chi connectivity index (χ1v) is 9.82. The van der Waals surface area contributed by atoms with Crippen molar-refractivity contribution < 1.29 is 13.2 Å². The number of rotatable bonds is 5. The number of hydrogen-bond acceptors (Lipinski definition) is 5. The van der Waals surface area contributed by atoms with Crippen LogP contribution in [0.2, 0.25) is 5.15 Å². The number of ether oxygens (including phenoxy) is 1. The van der Waals surface area contributed by atoms with E-state index in [4.69, 9.17) is 16.3 Å². The van der Waals surface area contributed by atoms with Gasteiger partial charge in [-0.1, -0.05) is 18.5 Å². The van der Waals surface area contributed by atoms with Crippen molar-refractivity contribution in [1.82, 2.24) is 14.8 Å². The van der Waals surface area contributed by atoms with Crippen LogP contribution >= 0.6 is 11.6 Å². The summed E-state index contributed by atoms with van der Waals surface area (Å²) in [6.45, 7) is 3.69. The van der Waals surface area contributed by atoms with Gasteiger partial charge < -0.3 is 4.74 Å². The Kier molecular flexibility index (Phi) is 4.71. The second kappa shape index (κ2) is 6.65. The van der Waals surface area contributed by atoms with Gasteiger partial charge >= 0.3 is 0 Å². The van der Waals surface area contributed by atoms with E-state index >= 15 is 0 Å². The molecule has 0 spiro atoms. The lowest BCUT2D eigenvalue weighted by atomic mass is 10.2. The van der Waals surface area contributed by atoms with Crippen LogP contribution in [0.15, 0.2) is 35.4 Å². The van der Waals surface area contributed by atoms with Crippen LogP contribution in [0.3, 0.4) is 0 Å². The van der Waals surface area contributed by atoms with Crippen LogP contribution in [0.5, 0.6) is 5.75 Å². The molecule has 132 valence electrons. The highest BCUT2D eigenvalue weighted by Gasteiger charge is 2.19.